The van der Waals surface area contributed by atoms with Crippen LogP contribution in [0.3, 0.4) is 0 Å². The molecule has 0 nitrogen and oxygen atoms in total. The maximum atomic E-state index is 2.32. The van der Waals surface area contributed by atoms with Crippen LogP contribution in [0, 0.1) is 11.8 Å². The topological polar surface area (TPSA) is 0 Å². The van der Waals surface area contributed by atoms with E-state index in [1.54, 1.807) is 12.8 Å². The summed E-state index contributed by atoms with van der Waals surface area (Å²) >= 11 is 0. The van der Waals surface area contributed by atoms with Gasteiger partial charge in [-0.1, -0.05) is 90.9 Å². The lowest BCUT2D eigenvalue weighted by molar-refractivity contribution is 0.523. The molecule has 1 fully saturated rings. The fourth-order valence-electron chi connectivity index (χ4n) is 3.02. The van der Waals surface area contributed by atoms with Crippen molar-refractivity contribution in [2.24, 2.45) is 11.8 Å². The monoisotopic (exact) mass is 238 g/mol. The van der Waals surface area contributed by atoms with E-state index in [2.05, 4.69) is 13.8 Å². The molecular formula is C17H34. The molecule has 17 heavy (non-hydrogen) atoms. The van der Waals surface area contributed by atoms with Gasteiger partial charge in [-0.3, -0.25) is 0 Å². The van der Waals surface area contributed by atoms with Gasteiger partial charge in [-0.15, -0.1) is 0 Å². The van der Waals surface area contributed by atoms with Gasteiger partial charge in [-0.25, -0.2) is 0 Å². The van der Waals surface area contributed by atoms with E-state index in [1.807, 2.05) is 0 Å². The van der Waals surface area contributed by atoms with E-state index in [0.29, 0.717) is 0 Å². The van der Waals surface area contributed by atoms with Crippen LogP contribution >= 0.6 is 0 Å². The second kappa shape index (κ2) is 9.97. The lowest BCUT2D eigenvalue weighted by Crippen LogP contribution is -1.86. The molecule has 102 valence electrons. The van der Waals surface area contributed by atoms with Gasteiger partial charge >= 0.3 is 0 Å². The number of rotatable bonds is 12. The molecule has 0 heterocycles. The largest absolute Gasteiger partial charge is 0.0654 e. The number of hydrogen-bond donors (Lipinski definition) is 0. The van der Waals surface area contributed by atoms with Gasteiger partial charge < -0.3 is 0 Å². The fourth-order valence-corrected chi connectivity index (χ4v) is 3.02. The molecular weight excluding hydrogens is 204 g/mol. The van der Waals surface area contributed by atoms with E-state index in [0.717, 1.165) is 11.8 Å². The molecule has 0 N–H and O–H groups in total. The molecule has 1 aliphatic rings. The van der Waals surface area contributed by atoms with Crippen molar-refractivity contribution in [1.82, 2.24) is 0 Å². The van der Waals surface area contributed by atoms with Gasteiger partial charge in [0.2, 0.25) is 0 Å². The lowest BCUT2D eigenvalue weighted by atomic mass is 10.0. The molecule has 0 aromatic carbocycles. The molecule has 0 aliphatic heterocycles. The zero-order valence-corrected chi connectivity index (χ0v) is 12.3. The third-order valence-electron chi connectivity index (χ3n) is 4.43. The minimum atomic E-state index is 1.14. The molecule has 0 bridgehead atoms. The third-order valence-corrected chi connectivity index (χ3v) is 4.43. The van der Waals surface area contributed by atoms with Crippen molar-refractivity contribution < 1.29 is 0 Å². The average Bonchev–Trinajstić information content (AvgIpc) is 3.09. The van der Waals surface area contributed by atoms with Crippen LogP contribution in [0.25, 0.3) is 0 Å². The first kappa shape index (κ1) is 15.1. The van der Waals surface area contributed by atoms with Gasteiger partial charge in [0.25, 0.3) is 0 Å². The summed E-state index contributed by atoms with van der Waals surface area (Å²) in [5, 5.41) is 0. The van der Waals surface area contributed by atoms with E-state index in [4.69, 9.17) is 0 Å². The summed E-state index contributed by atoms with van der Waals surface area (Å²) in [4.78, 5) is 0. The van der Waals surface area contributed by atoms with Crippen LogP contribution in [-0.2, 0) is 0 Å². The maximum absolute atomic E-state index is 2.32. The minimum absolute atomic E-state index is 1.14. The van der Waals surface area contributed by atoms with Crippen LogP contribution in [0.1, 0.15) is 97.3 Å². The van der Waals surface area contributed by atoms with Crippen molar-refractivity contribution in [2.75, 3.05) is 0 Å². The summed E-state index contributed by atoms with van der Waals surface area (Å²) in [5.41, 5.74) is 0. The molecule has 1 saturated carbocycles. The highest BCUT2D eigenvalue weighted by Crippen LogP contribution is 2.45. The van der Waals surface area contributed by atoms with Crippen molar-refractivity contribution in [2.45, 2.75) is 97.3 Å². The minimum Gasteiger partial charge on any atom is -0.0654 e. The van der Waals surface area contributed by atoms with Gasteiger partial charge in [0.05, 0.1) is 0 Å². The molecule has 0 amide bonds. The van der Waals surface area contributed by atoms with E-state index in [9.17, 15) is 0 Å². The van der Waals surface area contributed by atoms with Crippen LogP contribution in [0.2, 0.25) is 0 Å². The first-order valence-corrected chi connectivity index (χ1v) is 8.38. The molecule has 1 rings (SSSR count). The SMILES string of the molecule is CCCCCCCCCC[C@@H]1C[C@@H]1CCCC. The molecule has 0 aromatic rings. The predicted molar refractivity (Wildman–Crippen MR) is 78.3 cm³/mol. The van der Waals surface area contributed by atoms with E-state index in [1.165, 1.54) is 70.6 Å². The first-order chi connectivity index (χ1) is 8.38. The Kier molecular flexibility index (Phi) is 8.83. The van der Waals surface area contributed by atoms with Gasteiger partial charge in [0.1, 0.15) is 0 Å². The van der Waals surface area contributed by atoms with Gasteiger partial charge in [-0.05, 0) is 18.3 Å². The quantitative estimate of drug-likeness (QED) is 0.348. The highest BCUT2D eigenvalue weighted by atomic mass is 14.4. The van der Waals surface area contributed by atoms with Crippen molar-refractivity contribution in [3.63, 3.8) is 0 Å². The fraction of sp³-hybridized carbons (Fsp3) is 1.00. The normalized spacial score (nSPS) is 22.9. The molecule has 2 atom stereocenters. The maximum Gasteiger partial charge on any atom is -0.0383 e. The Bertz CT molecular complexity index is 161. The summed E-state index contributed by atoms with van der Waals surface area (Å²) < 4.78 is 0. The highest BCUT2D eigenvalue weighted by Gasteiger charge is 2.34. The number of unbranched alkanes of at least 4 members (excludes halogenated alkanes) is 8. The van der Waals surface area contributed by atoms with Gasteiger partial charge in [0, 0.05) is 0 Å². The second-order valence-electron chi connectivity index (χ2n) is 6.16. The average molecular weight is 238 g/mol. The Balaban J connectivity index is 1.74. The molecule has 0 spiro atoms. The summed E-state index contributed by atoms with van der Waals surface area (Å²) in [6.07, 6.45) is 19.3. The summed E-state index contributed by atoms with van der Waals surface area (Å²) in [6.45, 7) is 4.61. The molecule has 0 unspecified atom stereocenters. The Morgan fingerprint density at radius 2 is 1.06 bits per heavy atom. The first-order valence-electron chi connectivity index (χ1n) is 8.38. The van der Waals surface area contributed by atoms with Crippen LogP contribution in [-0.4, -0.2) is 0 Å². The lowest BCUT2D eigenvalue weighted by Gasteiger charge is -2.02. The second-order valence-corrected chi connectivity index (χ2v) is 6.16. The van der Waals surface area contributed by atoms with Crippen LogP contribution in [0.15, 0.2) is 0 Å². The zero-order chi connectivity index (χ0) is 12.3. The molecule has 0 heteroatoms. The predicted octanol–water partition coefficient (Wildman–Crippen LogP) is 6.34. The van der Waals surface area contributed by atoms with Crippen LogP contribution < -0.4 is 0 Å². The van der Waals surface area contributed by atoms with E-state index >= 15 is 0 Å². The van der Waals surface area contributed by atoms with Gasteiger partial charge in [-0.2, -0.15) is 0 Å². The number of hydrogen-bond acceptors (Lipinski definition) is 0. The molecule has 0 aromatic heterocycles. The Morgan fingerprint density at radius 3 is 1.65 bits per heavy atom. The highest BCUT2D eigenvalue weighted by molar-refractivity contribution is 4.85. The van der Waals surface area contributed by atoms with E-state index < -0.39 is 0 Å². The summed E-state index contributed by atoms with van der Waals surface area (Å²) in [7, 11) is 0. The Labute approximate surface area is 110 Å². The molecule has 0 radical (unpaired) electrons. The molecule has 1 aliphatic carbocycles. The van der Waals surface area contributed by atoms with Gasteiger partial charge in [0.15, 0.2) is 0 Å². The summed E-state index contributed by atoms with van der Waals surface area (Å²) in [6, 6.07) is 0. The smallest absolute Gasteiger partial charge is 0.0383 e. The Morgan fingerprint density at radius 1 is 0.588 bits per heavy atom. The Hall–Kier alpha value is 0. The van der Waals surface area contributed by atoms with Crippen molar-refractivity contribution in [1.29, 1.82) is 0 Å². The summed E-state index contributed by atoms with van der Waals surface area (Å²) in [5.74, 6) is 2.28. The van der Waals surface area contributed by atoms with Crippen LogP contribution in [0.5, 0.6) is 0 Å². The van der Waals surface area contributed by atoms with Crippen molar-refractivity contribution in [3.05, 3.63) is 0 Å². The van der Waals surface area contributed by atoms with Crippen molar-refractivity contribution >= 4 is 0 Å². The van der Waals surface area contributed by atoms with Crippen molar-refractivity contribution in [3.8, 4) is 0 Å². The van der Waals surface area contributed by atoms with Crippen LogP contribution in [0.4, 0.5) is 0 Å². The standard InChI is InChI=1S/C17H34/c1-3-5-7-8-9-10-11-12-14-17-15-16(17)13-6-4-2/h16-17H,3-15H2,1-2H3/t16-,17+/m0/s1. The zero-order valence-electron chi connectivity index (χ0n) is 12.3. The molecule has 0 saturated heterocycles. The van der Waals surface area contributed by atoms with E-state index in [-0.39, 0.29) is 0 Å². The third kappa shape index (κ3) is 7.84.